The van der Waals surface area contributed by atoms with Crippen LogP contribution in [-0.4, -0.2) is 110 Å². The maximum absolute atomic E-state index is 13.0. The highest BCUT2D eigenvalue weighted by Crippen LogP contribution is 2.23. The first-order chi connectivity index (χ1) is 26.2. The predicted molar refractivity (Wildman–Crippen MR) is 215 cm³/mol. The molecular formula is C43H83NO10. The molecule has 1 aliphatic rings. The second kappa shape index (κ2) is 33.9. The zero-order valence-corrected chi connectivity index (χ0v) is 34.2. The molecule has 11 heteroatoms. The van der Waals surface area contributed by atoms with Crippen molar-refractivity contribution < 1.29 is 50.0 Å². The van der Waals surface area contributed by atoms with Crippen LogP contribution in [0.25, 0.3) is 0 Å². The third-order valence-corrected chi connectivity index (χ3v) is 10.8. The summed E-state index contributed by atoms with van der Waals surface area (Å²) in [4.78, 5) is 13.0. The zero-order chi connectivity index (χ0) is 39.8. The SMILES string of the molecule is CCCCCC/C=C\CCCCCCCCC(O)C(=O)NC(COC1OC(CO)C(O)C(O)C1O)C(O)C(O)CCCCCCCCCCCCCCC. The minimum absolute atomic E-state index is 0.254. The Balaban J connectivity index is 2.50. The second-order valence-corrected chi connectivity index (χ2v) is 15.8. The van der Waals surface area contributed by atoms with Crippen LogP contribution in [0.5, 0.6) is 0 Å². The van der Waals surface area contributed by atoms with Crippen LogP contribution in [0.4, 0.5) is 0 Å². The number of nitrogens with one attached hydrogen (secondary N) is 1. The monoisotopic (exact) mass is 774 g/mol. The molecular weight excluding hydrogens is 690 g/mol. The van der Waals surface area contributed by atoms with E-state index in [0.717, 1.165) is 57.8 Å². The molecule has 1 fully saturated rings. The third kappa shape index (κ3) is 23.8. The standard InChI is InChI=1S/C43H83NO10/c1-3-5-7-9-11-13-15-17-19-21-23-25-27-29-31-36(47)42(52)44-34(33-53-43-41(51)40(50)39(49)37(32-45)54-43)38(48)35(46)30-28-26-24-22-20-18-16-14-12-10-8-6-4-2/h13,15,34-41,43,45-51H,3-12,14,16-33H2,1-2H3,(H,44,52)/b15-13-. The lowest BCUT2D eigenvalue weighted by Gasteiger charge is -2.40. The van der Waals surface area contributed by atoms with E-state index >= 15 is 0 Å². The van der Waals surface area contributed by atoms with Crippen molar-refractivity contribution >= 4 is 5.91 Å². The van der Waals surface area contributed by atoms with Gasteiger partial charge in [0.15, 0.2) is 6.29 Å². The van der Waals surface area contributed by atoms with E-state index in [4.69, 9.17) is 9.47 Å². The van der Waals surface area contributed by atoms with Crippen molar-refractivity contribution in [1.82, 2.24) is 5.32 Å². The Morgan fingerprint density at radius 3 is 1.57 bits per heavy atom. The number of aliphatic hydroxyl groups excluding tert-OH is 7. The fraction of sp³-hybridized carbons (Fsp3) is 0.930. The molecule has 1 saturated heterocycles. The van der Waals surface area contributed by atoms with Crippen LogP contribution in [0, 0.1) is 0 Å². The van der Waals surface area contributed by atoms with Gasteiger partial charge in [-0.2, -0.15) is 0 Å². The highest BCUT2D eigenvalue weighted by molar-refractivity contribution is 5.80. The van der Waals surface area contributed by atoms with Gasteiger partial charge in [0.05, 0.1) is 25.4 Å². The van der Waals surface area contributed by atoms with E-state index < -0.39 is 74.2 Å². The molecule has 0 aromatic rings. The summed E-state index contributed by atoms with van der Waals surface area (Å²) in [5.74, 6) is -0.703. The predicted octanol–water partition coefficient (Wildman–Crippen LogP) is 6.50. The quantitative estimate of drug-likeness (QED) is 0.0258. The van der Waals surface area contributed by atoms with Crippen molar-refractivity contribution in [2.75, 3.05) is 13.2 Å². The molecule has 1 rings (SSSR count). The van der Waals surface area contributed by atoms with Crippen molar-refractivity contribution in [3.63, 3.8) is 0 Å². The fourth-order valence-electron chi connectivity index (χ4n) is 7.08. The molecule has 9 atom stereocenters. The van der Waals surface area contributed by atoms with Crippen LogP contribution in [-0.2, 0) is 14.3 Å². The Kier molecular flexibility index (Phi) is 32.0. The average Bonchev–Trinajstić information content (AvgIpc) is 3.17. The van der Waals surface area contributed by atoms with E-state index in [1.54, 1.807) is 0 Å². The van der Waals surface area contributed by atoms with Gasteiger partial charge in [0.2, 0.25) is 5.91 Å². The van der Waals surface area contributed by atoms with E-state index in [2.05, 4.69) is 31.3 Å². The van der Waals surface area contributed by atoms with Gasteiger partial charge in [0.25, 0.3) is 0 Å². The second-order valence-electron chi connectivity index (χ2n) is 15.8. The number of unbranched alkanes of at least 4 members (excludes halogenated alkanes) is 22. The highest BCUT2D eigenvalue weighted by Gasteiger charge is 2.44. The summed E-state index contributed by atoms with van der Waals surface area (Å²) in [6, 6.07) is -1.16. The van der Waals surface area contributed by atoms with E-state index in [-0.39, 0.29) is 6.42 Å². The molecule has 0 bridgehead atoms. The number of allylic oxidation sites excluding steroid dienone is 2. The van der Waals surface area contributed by atoms with Crippen LogP contribution >= 0.6 is 0 Å². The van der Waals surface area contributed by atoms with Gasteiger partial charge < -0.3 is 50.5 Å². The first-order valence-electron chi connectivity index (χ1n) is 22.1. The Morgan fingerprint density at radius 2 is 1.07 bits per heavy atom. The Labute approximate surface area is 328 Å². The van der Waals surface area contributed by atoms with Crippen LogP contribution in [0.3, 0.4) is 0 Å². The summed E-state index contributed by atoms with van der Waals surface area (Å²) in [6.45, 7) is 3.41. The normalized spacial score (nSPS) is 22.7. The van der Waals surface area contributed by atoms with Gasteiger partial charge in [0, 0.05) is 0 Å². The van der Waals surface area contributed by atoms with Crippen molar-refractivity contribution in [2.45, 2.75) is 242 Å². The molecule has 0 spiro atoms. The first kappa shape index (κ1) is 50.9. The van der Waals surface area contributed by atoms with Crippen molar-refractivity contribution in [3.8, 4) is 0 Å². The summed E-state index contributed by atoms with van der Waals surface area (Å²) < 4.78 is 11.1. The van der Waals surface area contributed by atoms with Crippen LogP contribution in [0.1, 0.15) is 187 Å². The maximum Gasteiger partial charge on any atom is 0.249 e. The number of aliphatic hydroxyl groups is 7. The summed E-state index contributed by atoms with van der Waals surface area (Å²) in [7, 11) is 0. The summed E-state index contributed by atoms with van der Waals surface area (Å²) in [5.41, 5.74) is 0. The summed E-state index contributed by atoms with van der Waals surface area (Å²) in [6.07, 6.45) is 22.5. The average molecular weight is 774 g/mol. The zero-order valence-electron chi connectivity index (χ0n) is 34.2. The molecule has 0 aromatic carbocycles. The van der Waals surface area contributed by atoms with Crippen molar-refractivity contribution in [3.05, 3.63) is 12.2 Å². The molecule has 1 aliphatic heterocycles. The van der Waals surface area contributed by atoms with Gasteiger partial charge in [0.1, 0.15) is 36.6 Å². The van der Waals surface area contributed by atoms with Crippen LogP contribution < -0.4 is 5.32 Å². The third-order valence-electron chi connectivity index (χ3n) is 10.8. The van der Waals surface area contributed by atoms with Crippen molar-refractivity contribution in [1.29, 1.82) is 0 Å². The Hall–Kier alpha value is -1.15. The van der Waals surface area contributed by atoms with E-state index in [0.29, 0.717) is 19.3 Å². The minimum Gasteiger partial charge on any atom is -0.394 e. The largest absolute Gasteiger partial charge is 0.394 e. The molecule has 0 radical (unpaired) electrons. The van der Waals surface area contributed by atoms with Crippen LogP contribution in [0.2, 0.25) is 0 Å². The molecule has 0 aromatic heterocycles. The fourth-order valence-corrected chi connectivity index (χ4v) is 7.08. The highest BCUT2D eigenvalue weighted by atomic mass is 16.7. The smallest absolute Gasteiger partial charge is 0.249 e. The first-order valence-corrected chi connectivity index (χ1v) is 22.1. The molecule has 8 N–H and O–H groups in total. The lowest BCUT2D eigenvalue weighted by atomic mass is 9.98. The maximum atomic E-state index is 13.0. The number of carbonyl (C=O) groups excluding carboxylic acids is 1. The Morgan fingerprint density at radius 1 is 0.630 bits per heavy atom. The number of ether oxygens (including phenoxy) is 2. The van der Waals surface area contributed by atoms with Gasteiger partial charge in [-0.05, 0) is 38.5 Å². The van der Waals surface area contributed by atoms with Gasteiger partial charge >= 0.3 is 0 Å². The lowest BCUT2D eigenvalue weighted by Crippen LogP contribution is -2.60. The Bertz CT molecular complexity index is 892. The van der Waals surface area contributed by atoms with Gasteiger partial charge in [-0.25, -0.2) is 0 Å². The lowest BCUT2D eigenvalue weighted by molar-refractivity contribution is -0.303. The molecule has 0 saturated carbocycles. The summed E-state index contributed by atoms with van der Waals surface area (Å²) in [5, 5.41) is 75.5. The molecule has 9 unspecified atom stereocenters. The van der Waals surface area contributed by atoms with Gasteiger partial charge in [-0.15, -0.1) is 0 Å². The number of amides is 1. The van der Waals surface area contributed by atoms with Crippen LogP contribution in [0.15, 0.2) is 12.2 Å². The van der Waals surface area contributed by atoms with E-state index in [1.807, 2.05) is 0 Å². The number of rotatable bonds is 36. The number of carbonyl (C=O) groups is 1. The molecule has 0 aliphatic carbocycles. The molecule has 54 heavy (non-hydrogen) atoms. The number of hydrogen-bond donors (Lipinski definition) is 8. The number of hydrogen-bond acceptors (Lipinski definition) is 10. The van der Waals surface area contributed by atoms with Gasteiger partial charge in [-0.3, -0.25) is 4.79 Å². The topological polar surface area (TPSA) is 189 Å². The minimum atomic E-state index is -1.66. The summed E-state index contributed by atoms with van der Waals surface area (Å²) >= 11 is 0. The van der Waals surface area contributed by atoms with E-state index in [1.165, 1.54) is 89.9 Å². The molecule has 320 valence electrons. The van der Waals surface area contributed by atoms with Gasteiger partial charge in [-0.1, -0.05) is 161 Å². The molecule has 1 amide bonds. The molecule has 11 nitrogen and oxygen atoms in total. The molecule has 1 heterocycles. The van der Waals surface area contributed by atoms with Crippen molar-refractivity contribution in [2.24, 2.45) is 0 Å². The van der Waals surface area contributed by atoms with E-state index in [9.17, 15) is 40.5 Å².